The maximum atomic E-state index is 5.90. The van der Waals surface area contributed by atoms with E-state index in [1.54, 1.807) is 0 Å². The van der Waals surface area contributed by atoms with Crippen molar-refractivity contribution in [2.45, 2.75) is 58.0 Å². The second-order valence-corrected chi connectivity index (χ2v) is 6.33. The average molecular weight is 340 g/mol. The number of allylic oxidation sites excluding steroid dienone is 1. The number of rotatable bonds is 12. The summed E-state index contributed by atoms with van der Waals surface area (Å²) in [6.07, 6.45) is 10.2. The van der Waals surface area contributed by atoms with Crippen LogP contribution in [0.15, 0.2) is 17.6 Å². The number of unbranched alkanes of at least 4 members (excludes halogenated alkanes) is 3. The van der Waals surface area contributed by atoms with Crippen molar-refractivity contribution >= 4 is 5.96 Å². The minimum atomic E-state index is 0.384. The van der Waals surface area contributed by atoms with Gasteiger partial charge in [-0.05, 0) is 45.4 Å². The number of hydrogen-bond acceptors (Lipinski definition) is 3. The van der Waals surface area contributed by atoms with Crippen molar-refractivity contribution in [2.24, 2.45) is 4.99 Å². The van der Waals surface area contributed by atoms with Crippen LogP contribution in [0.2, 0.25) is 0 Å². The van der Waals surface area contributed by atoms with Crippen LogP contribution in [0.4, 0.5) is 0 Å². The van der Waals surface area contributed by atoms with E-state index in [2.05, 4.69) is 30.8 Å². The topological polar surface area (TPSA) is 46.1 Å². The van der Waals surface area contributed by atoms with Crippen LogP contribution in [0.3, 0.4) is 0 Å². The van der Waals surface area contributed by atoms with Gasteiger partial charge < -0.3 is 19.7 Å². The molecule has 0 aromatic rings. The minimum absolute atomic E-state index is 0.384. The zero-order valence-electron chi connectivity index (χ0n) is 15.8. The Balaban J connectivity index is 2.18. The number of aliphatic imine (C=N–C) groups is 1. The van der Waals surface area contributed by atoms with Crippen molar-refractivity contribution in [1.29, 1.82) is 0 Å². The maximum Gasteiger partial charge on any atom is 0.193 e. The van der Waals surface area contributed by atoms with E-state index in [1.807, 2.05) is 6.08 Å². The van der Waals surface area contributed by atoms with Crippen LogP contribution < -0.4 is 5.32 Å². The molecule has 1 N–H and O–H groups in total. The van der Waals surface area contributed by atoms with Gasteiger partial charge in [-0.15, -0.1) is 6.58 Å². The molecule has 0 amide bonds. The Labute approximate surface area is 148 Å². The first kappa shape index (κ1) is 21.0. The Kier molecular flexibility index (Phi) is 12.5. The van der Waals surface area contributed by atoms with E-state index in [4.69, 9.17) is 14.5 Å². The van der Waals surface area contributed by atoms with E-state index in [0.29, 0.717) is 6.10 Å². The highest BCUT2D eigenvalue weighted by Gasteiger charge is 2.13. The molecule has 0 unspecified atom stereocenters. The lowest BCUT2D eigenvalue weighted by Crippen LogP contribution is -2.39. The second kappa shape index (κ2) is 14.3. The average Bonchev–Trinajstić information content (AvgIpc) is 2.61. The number of nitrogens with zero attached hydrogens (tertiary/aromatic N) is 2. The van der Waals surface area contributed by atoms with Crippen molar-refractivity contribution in [3.8, 4) is 0 Å². The predicted molar refractivity (Wildman–Crippen MR) is 102 cm³/mol. The molecule has 1 heterocycles. The van der Waals surface area contributed by atoms with Crippen molar-refractivity contribution in [1.82, 2.24) is 10.2 Å². The molecule has 0 saturated carbocycles. The van der Waals surface area contributed by atoms with Gasteiger partial charge in [0.2, 0.25) is 0 Å². The molecule has 0 radical (unpaired) electrons. The van der Waals surface area contributed by atoms with Gasteiger partial charge in [0.25, 0.3) is 0 Å². The first-order valence-electron chi connectivity index (χ1n) is 9.57. The monoisotopic (exact) mass is 339 g/mol. The molecular formula is C19H37N3O2. The lowest BCUT2D eigenvalue weighted by atomic mass is 10.1. The van der Waals surface area contributed by atoms with E-state index < -0.39 is 0 Å². The third-order valence-corrected chi connectivity index (χ3v) is 4.18. The van der Waals surface area contributed by atoms with Gasteiger partial charge in [-0.25, -0.2) is 0 Å². The number of nitrogens with one attached hydrogen (secondary N) is 1. The fraction of sp³-hybridized carbons (Fsp3) is 0.842. The fourth-order valence-corrected chi connectivity index (χ4v) is 2.73. The van der Waals surface area contributed by atoms with Gasteiger partial charge in [-0.2, -0.15) is 0 Å². The third kappa shape index (κ3) is 9.93. The van der Waals surface area contributed by atoms with Crippen LogP contribution in [0.1, 0.15) is 51.9 Å². The molecule has 0 aromatic heterocycles. The van der Waals surface area contributed by atoms with E-state index in [0.717, 1.165) is 71.1 Å². The van der Waals surface area contributed by atoms with Crippen LogP contribution in [0.25, 0.3) is 0 Å². The van der Waals surface area contributed by atoms with Crippen LogP contribution in [0.5, 0.6) is 0 Å². The molecule has 0 bridgehead atoms. The van der Waals surface area contributed by atoms with Gasteiger partial charge >= 0.3 is 0 Å². The lowest BCUT2D eigenvalue weighted by molar-refractivity contribution is -0.0318. The number of ether oxygens (including phenoxy) is 2. The summed E-state index contributed by atoms with van der Waals surface area (Å²) in [7, 11) is 2.12. The third-order valence-electron chi connectivity index (χ3n) is 4.18. The first-order valence-corrected chi connectivity index (χ1v) is 9.57. The summed E-state index contributed by atoms with van der Waals surface area (Å²) in [6, 6.07) is 0. The fourth-order valence-electron chi connectivity index (χ4n) is 2.73. The molecule has 1 aliphatic heterocycles. The second-order valence-electron chi connectivity index (χ2n) is 6.33. The van der Waals surface area contributed by atoms with E-state index >= 15 is 0 Å². The van der Waals surface area contributed by atoms with Gasteiger partial charge in [0.1, 0.15) is 0 Å². The van der Waals surface area contributed by atoms with Gasteiger partial charge in [-0.3, -0.25) is 4.99 Å². The highest BCUT2D eigenvalue weighted by Crippen LogP contribution is 2.10. The van der Waals surface area contributed by atoms with Gasteiger partial charge in [0.05, 0.1) is 6.10 Å². The van der Waals surface area contributed by atoms with E-state index in [1.165, 1.54) is 19.3 Å². The summed E-state index contributed by atoms with van der Waals surface area (Å²) in [5.41, 5.74) is 0. The first-order chi connectivity index (χ1) is 11.8. The molecule has 0 spiro atoms. The molecule has 1 saturated heterocycles. The quantitative estimate of drug-likeness (QED) is 0.257. The zero-order valence-corrected chi connectivity index (χ0v) is 15.8. The van der Waals surface area contributed by atoms with Crippen LogP contribution in [-0.4, -0.2) is 63.5 Å². The van der Waals surface area contributed by atoms with Crippen molar-refractivity contribution in [3.05, 3.63) is 12.7 Å². The molecule has 5 heteroatoms. The largest absolute Gasteiger partial charge is 0.381 e. The molecule has 1 rings (SSSR count). The Hall–Kier alpha value is -1.07. The molecule has 0 aliphatic carbocycles. The van der Waals surface area contributed by atoms with E-state index in [9.17, 15) is 0 Å². The molecule has 1 aliphatic rings. The maximum absolute atomic E-state index is 5.90. The molecular weight excluding hydrogens is 302 g/mol. The summed E-state index contributed by atoms with van der Waals surface area (Å²) in [5.74, 6) is 1.01. The standard InChI is InChI=1S/C19H37N3O2/c1-4-6-7-8-9-14-22(3)19(20-5-2)21-13-10-15-24-18-11-16-23-17-12-18/h4,18H,1,5-17H2,2-3H3,(H,20,21). The van der Waals surface area contributed by atoms with Gasteiger partial charge in [0, 0.05) is 46.5 Å². The number of guanidine groups is 1. The normalized spacial score (nSPS) is 16.2. The molecule has 5 nitrogen and oxygen atoms in total. The van der Waals surface area contributed by atoms with Crippen LogP contribution >= 0.6 is 0 Å². The lowest BCUT2D eigenvalue weighted by Gasteiger charge is -2.23. The molecule has 1 fully saturated rings. The summed E-state index contributed by atoms with van der Waals surface area (Å²) < 4.78 is 11.2. The SMILES string of the molecule is C=CCCCCCN(C)C(=NCCCOC1CCOCC1)NCC. The van der Waals surface area contributed by atoms with Crippen LogP contribution in [-0.2, 0) is 9.47 Å². The smallest absolute Gasteiger partial charge is 0.193 e. The Morgan fingerprint density at radius 1 is 1.29 bits per heavy atom. The Morgan fingerprint density at radius 2 is 2.08 bits per heavy atom. The Morgan fingerprint density at radius 3 is 2.79 bits per heavy atom. The van der Waals surface area contributed by atoms with Crippen molar-refractivity contribution < 1.29 is 9.47 Å². The summed E-state index contributed by atoms with van der Waals surface area (Å²) in [4.78, 5) is 6.95. The predicted octanol–water partition coefficient (Wildman–Crippen LogP) is 3.22. The minimum Gasteiger partial charge on any atom is -0.381 e. The zero-order chi connectivity index (χ0) is 17.5. The Bertz CT molecular complexity index is 342. The van der Waals surface area contributed by atoms with Gasteiger partial charge in [-0.1, -0.05) is 12.5 Å². The van der Waals surface area contributed by atoms with Crippen molar-refractivity contribution in [3.63, 3.8) is 0 Å². The van der Waals surface area contributed by atoms with E-state index in [-0.39, 0.29) is 0 Å². The van der Waals surface area contributed by atoms with Crippen molar-refractivity contribution in [2.75, 3.05) is 46.5 Å². The molecule has 0 atom stereocenters. The summed E-state index contributed by atoms with van der Waals surface area (Å²) in [5, 5.41) is 3.38. The number of hydrogen-bond donors (Lipinski definition) is 1. The molecule has 24 heavy (non-hydrogen) atoms. The molecule has 140 valence electrons. The summed E-state index contributed by atoms with van der Waals surface area (Å²) in [6.45, 7) is 11.1. The summed E-state index contributed by atoms with van der Waals surface area (Å²) >= 11 is 0. The molecule has 0 aromatic carbocycles. The van der Waals surface area contributed by atoms with Gasteiger partial charge in [0.15, 0.2) is 5.96 Å². The highest BCUT2D eigenvalue weighted by atomic mass is 16.5. The van der Waals surface area contributed by atoms with Crippen LogP contribution in [0, 0.1) is 0 Å². The highest BCUT2D eigenvalue weighted by molar-refractivity contribution is 5.79.